The van der Waals surface area contributed by atoms with Gasteiger partial charge in [-0.3, -0.25) is 9.98 Å². The average Bonchev–Trinajstić information content (AvgIpc) is 3.18. The van der Waals surface area contributed by atoms with Crippen LogP contribution >= 0.6 is 24.0 Å². The van der Waals surface area contributed by atoms with Crippen LogP contribution in [0.5, 0.6) is 0 Å². The van der Waals surface area contributed by atoms with E-state index >= 15 is 0 Å². The van der Waals surface area contributed by atoms with Crippen molar-refractivity contribution in [3.05, 3.63) is 41.9 Å². The highest BCUT2D eigenvalue weighted by Gasteiger charge is 2.09. The van der Waals surface area contributed by atoms with Crippen molar-refractivity contribution in [2.24, 2.45) is 4.99 Å². The Hall–Kier alpha value is -1.97. The molecule has 0 fully saturated rings. The molecule has 0 spiro atoms. The number of nitrogens with zero attached hydrogens (tertiary/aromatic N) is 4. The molecule has 0 atom stereocenters. The summed E-state index contributed by atoms with van der Waals surface area (Å²) < 4.78 is 5.28. The lowest BCUT2D eigenvalue weighted by molar-refractivity contribution is 0.421. The minimum absolute atomic E-state index is 0. The van der Waals surface area contributed by atoms with Gasteiger partial charge in [-0.05, 0) is 51.2 Å². The van der Waals surface area contributed by atoms with E-state index in [-0.39, 0.29) is 24.0 Å². The van der Waals surface area contributed by atoms with Crippen molar-refractivity contribution >= 4 is 29.9 Å². The standard InChI is InChI=1S/C20H28N6O.HI/c1-2-21-20(23-14-11-16-8-4-3-5-9-16)24-15-12-18-25-19(27-26-18)17-10-6-7-13-22-17;/h6-8,10,13H,2-5,9,11-12,14-15H2,1H3,(H2,21,23,24);1H. The highest BCUT2D eigenvalue weighted by Crippen LogP contribution is 2.19. The highest BCUT2D eigenvalue weighted by molar-refractivity contribution is 14.0. The first kappa shape index (κ1) is 22.3. The Kier molecular flexibility index (Phi) is 9.95. The van der Waals surface area contributed by atoms with Crippen LogP contribution in [0.4, 0.5) is 0 Å². The normalized spacial score (nSPS) is 14.2. The maximum atomic E-state index is 5.28. The highest BCUT2D eigenvalue weighted by atomic mass is 127. The molecule has 7 nitrogen and oxygen atoms in total. The molecule has 152 valence electrons. The van der Waals surface area contributed by atoms with Crippen LogP contribution in [0.1, 0.15) is 44.9 Å². The van der Waals surface area contributed by atoms with Crippen LogP contribution in [-0.4, -0.2) is 40.7 Å². The third-order valence-corrected chi connectivity index (χ3v) is 4.43. The Morgan fingerprint density at radius 1 is 1.21 bits per heavy atom. The number of aliphatic imine (C=N–C) groups is 1. The maximum absolute atomic E-state index is 5.28. The Morgan fingerprint density at radius 3 is 2.89 bits per heavy atom. The molecule has 2 aromatic heterocycles. The molecule has 0 unspecified atom stereocenters. The van der Waals surface area contributed by atoms with E-state index in [4.69, 9.17) is 4.52 Å². The quantitative estimate of drug-likeness (QED) is 0.251. The third kappa shape index (κ3) is 7.21. The molecule has 0 amide bonds. The van der Waals surface area contributed by atoms with Crippen LogP contribution in [0.15, 0.2) is 45.6 Å². The molecule has 0 bridgehead atoms. The summed E-state index contributed by atoms with van der Waals surface area (Å²) in [7, 11) is 0. The first-order valence-electron chi connectivity index (χ1n) is 9.79. The van der Waals surface area contributed by atoms with Gasteiger partial charge in [0.15, 0.2) is 11.8 Å². The molecule has 2 heterocycles. The Morgan fingerprint density at radius 2 is 2.14 bits per heavy atom. The van der Waals surface area contributed by atoms with Crippen molar-refractivity contribution in [2.75, 3.05) is 19.6 Å². The zero-order chi connectivity index (χ0) is 18.7. The molecular weight excluding hydrogens is 467 g/mol. The number of hydrogen-bond acceptors (Lipinski definition) is 5. The van der Waals surface area contributed by atoms with Gasteiger partial charge in [0.05, 0.1) is 0 Å². The number of pyridine rings is 1. The second kappa shape index (κ2) is 12.5. The van der Waals surface area contributed by atoms with Crippen LogP contribution in [-0.2, 0) is 6.42 Å². The summed E-state index contributed by atoms with van der Waals surface area (Å²) in [6.07, 6.45) is 10.9. The van der Waals surface area contributed by atoms with Gasteiger partial charge in [0.2, 0.25) is 0 Å². The number of allylic oxidation sites excluding steroid dienone is 1. The lowest BCUT2D eigenvalue weighted by atomic mass is 9.97. The lowest BCUT2D eigenvalue weighted by Crippen LogP contribution is -2.38. The Balaban J connectivity index is 0.00000280. The van der Waals surface area contributed by atoms with Crippen molar-refractivity contribution in [1.82, 2.24) is 25.8 Å². The molecule has 0 aliphatic heterocycles. The topological polar surface area (TPSA) is 88.2 Å². The second-order valence-corrected chi connectivity index (χ2v) is 6.53. The summed E-state index contributed by atoms with van der Waals surface area (Å²) >= 11 is 0. The number of nitrogens with one attached hydrogen (secondary N) is 2. The summed E-state index contributed by atoms with van der Waals surface area (Å²) in [5, 5.41) is 10.7. The van der Waals surface area contributed by atoms with Gasteiger partial charge in [0.25, 0.3) is 5.89 Å². The zero-order valence-electron chi connectivity index (χ0n) is 16.4. The van der Waals surface area contributed by atoms with Gasteiger partial charge in [-0.1, -0.05) is 22.9 Å². The molecule has 3 rings (SSSR count). The first-order chi connectivity index (χ1) is 13.3. The maximum Gasteiger partial charge on any atom is 0.276 e. The minimum atomic E-state index is 0. The molecule has 2 aromatic rings. The molecule has 1 aliphatic rings. The van der Waals surface area contributed by atoms with Gasteiger partial charge in [0.1, 0.15) is 5.69 Å². The molecule has 28 heavy (non-hydrogen) atoms. The molecule has 2 N–H and O–H groups in total. The number of aromatic nitrogens is 3. The summed E-state index contributed by atoms with van der Waals surface area (Å²) in [6.45, 7) is 4.41. The van der Waals surface area contributed by atoms with E-state index < -0.39 is 0 Å². The largest absolute Gasteiger partial charge is 0.357 e. The summed E-state index contributed by atoms with van der Waals surface area (Å²) in [6, 6.07) is 5.61. The van der Waals surface area contributed by atoms with Gasteiger partial charge in [-0.15, -0.1) is 24.0 Å². The van der Waals surface area contributed by atoms with E-state index in [0.717, 1.165) is 25.5 Å². The molecule has 0 saturated heterocycles. The van der Waals surface area contributed by atoms with Crippen LogP contribution in [0.25, 0.3) is 11.6 Å². The summed E-state index contributed by atoms with van der Waals surface area (Å²) in [5.74, 6) is 1.92. The van der Waals surface area contributed by atoms with Crippen molar-refractivity contribution in [1.29, 1.82) is 0 Å². The smallest absolute Gasteiger partial charge is 0.276 e. The van der Waals surface area contributed by atoms with Crippen LogP contribution in [0, 0.1) is 0 Å². The van der Waals surface area contributed by atoms with Crippen molar-refractivity contribution in [3.63, 3.8) is 0 Å². The van der Waals surface area contributed by atoms with E-state index in [2.05, 4.69) is 43.8 Å². The SMILES string of the molecule is CCNC(=NCCc1noc(-c2ccccn2)n1)NCCC1=CCCCC1.I. The van der Waals surface area contributed by atoms with Crippen molar-refractivity contribution in [3.8, 4) is 11.6 Å². The average molecular weight is 496 g/mol. The monoisotopic (exact) mass is 496 g/mol. The van der Waals surface area contributed by atoms with E-state index in [1.54, 1.807) is 11.8 Å². The van der Waals surface area contributed by atoms with Gasteiger partial charge in [0, 0.05) is 32.3 Å². The number of rotatable bonds is 8. The zero-order valence-corrected chi connectivity index (χ0v) is 18.7. The predicted molar refractivity (Wildman–Crippen MR) is 122 cm³/mol. The van der Waals surface area contributed by atoms with Crippen LogP contribution in [0.2, 0.25) is 0 Å². The fourth-order valence-corrected chi connectivity index (χ4v) is 3.03. The van der Waals surface area contributed by atoms with Crippen LogP contribution < -0.4 is 10.6 Å². The lowest BCUT2D eigenvalue weighted by Gasteiger charge is -2.15. The van der Waals surface area contributed by atoms with E-state index in [1.807, 2.05) is 18.2 Å². The predicted octanol–water partition coefficient (Wildman–Crippen LogP) is 3.74. The molecule has 1 aliphatic carbocycles. The van der Waals surface area contributed by atoms with Gasteiger partial charge >= 0.3 is 0 Å². The molecule has 0 saturated carbocycles. The Bertz CT molecular complexity index is 759. The number of hydrogen-bond donors (Lipinski definition) is 2. The third-order valence-electron chi connectivity index (χ3n) is 4.43. The van der Waals surface area contributed by atoms with Crippen molar-refractivity contribution < 1.29 is 4.52 Å². The first-order valence-corrected chi connectivity index (χ1v) is 9.79. The molecule has 0 radical (unpaired) electrons. The number of guanidine groups is 1. The second-order valence-electron chi connectivity index (χ2n) is 6.53. The molecule has 0 aromatic carbocycles. The van der Waals surface area contributed by atoms with Gasteiger partial charge < -0.3 is 15.2 Å². The Labute approximate surface area is 183 Å². The number of halogens is 1. The molecular formula is C20H29IN6O. The van der Waals surface area contributed by atoms with Gasteiger partial charge in [-0.25, -0.2) is 0 Å². The van der Waals surface area contributed by atoms with Crippen LogP contribution in [0.3, 0.4) is 0 Å². The van der Waals surface area contributed by atoms with E-state index in [0.29, 0.717) is 30.4 Å². The van der Waals surface area contributed by atoms with E-state index in [1.165, 1.54) is 25.7 Å². The fraction of sp³-hybridized carbons (Fsp3) is 0.500. The minimum Gasteiger partial charge on any atom is -0.357 e. The van der Waals surface area contributed by atoms with Crippen molar-refractivity contribution in [2.45, 2.75) is 45.4 Å². The van der Waals surface area contributed by atoms with E-state index in [9.17, 15) is 0 Å². The van der Waals surface area contributed by atoms with Gasteiger partial charge in [-0.2, -0.15) is 4.98 Å². The summed E-state index contributed by atoms with van der Waals surface area (Å²) in [4.78, 5) is 13.2. The molecule has 8 heteroatoms. The summed E-state index contributed by atoms with van der Waals surface area (Å²) in [5.41, 5.74) is 2.25. The fourth-order valence-electron chi connectivity index (χ4n) is 3.03.